The molecule has 0 aliphatic rings. The van der Waals surface area contributed by atoms with E-state index in [2.05, 4.69) is 10.3 Å². The lowest BCUT2D eigenvalue weighted by Gasteiger charge is -2.27. The number of hydrogen-bond acceptors (Lipinski definition) is 2. The summed E-state index contributed by atoms with van der Waals surface area (Å²) < 4.78 is 13.3. The largest absolute Gasteiger partial charge is 0.322 e. The first-order valence-corrected chi connectivity index (χ1v) is 8.38. The molecule has 0 saturated carbocycles. The number of rotatable bonds is 4. The number of fused-ring (bicyclic) bond motifs is 1. The predicted molar refractivity (Wildman–Crippen MR) is 101 cm³/mol. The van der Waals surface area contributed by atoms with Crippen LogP contribution in [0.2, 0.25) is 0 Å². The molecule has 0 atom stereocenters. The summed E-state index contributed by atoms with van der Waals surface area (Å²) in [7, 11) is 0. The van der Waals surface area contributed by atoms with Gasteiger partial charge in [0.15, 0.2) is 0 Å². The van der Waals surface area contributed by atoms with Gasteiger partial charge >= 0.3 is 6.03 Å². The third-order valence-electron chi connectivity index (χ3n) is 4.14. The van der Waals surface area contributed by atoms with E-state index < -0.39 is 5.82 Å². The van der Waals surface area contributed by atoms with Gasteiger partial charge in [-0.15, -0.1) is 0 Å². The molecule has 1 aromatic heterocycles. The number of benzene rings is 2. The molecule has 0 spiro atoms. The summed E-state index contributed by atoms with van der Waals surface area (Å²) in [4.78, 5) is 29.0. The summed E-state index contributed by atoms with van der Waals surface area (Å²) >= 11 is 0. The fraction of sp³-hybridized carbons (Fsp3) is 0.200. The molecule has 0 bridgehead atoms. The lowest BCUT2D eigenvalue weighted by atomic mass is 10.1. The summed E-state index contributed by atoms with van der Waals surface area (Å²) in [6.07, 6.45) is 0. The van der Waals surface area contributed by atoms with Crippen LogP contribution in [-0.2, 0) is 6.54 Å². The Kier molecular flexibility index (Phi) is 5.02. The minimum Gasteiger partial charge on any atom is -0.322 e. The number of pyridine rings is 1. The fourth-order valence-electron chi connectivity index (χ4n) is 2.84. The van der Waals surface area contributed by atoms with Gasteiger partial charge in [0.05, 0.1) is 0 Å². The van der Waals surface area contributed by atoms with E-state index in [1.807, 2.05) is 38.1 Å². The fourth-order valence-corrected chi connectivity index (χ4v) is 2.84. The minimum atomic E-state index is -0.417. The van der Waals surface area contributed by atoms with Gasteiger partial charge in [-0.1, -0.05) is 24.3 Å². The molecule has 0 fully saturated rings. The van der Waals surface area contributed by atoms with Crippen LogP contribution in [-0.4, -0.2) is 22.0 Å². The predicted octanol–water partition coefficient (Wildman–Crippen LogP) is 4.11. The molecule has 1 heterocycles. The number of halogens is 1. The number of urea groups is 1. The molecular weight excluding hydrogens is 333 g/mol. The molecule has 0 radical (unpaired) electrons. The smallest absolute Gasteiger partial charge is 0.322 e. The highest BCUT2D eigenvalue weighted by Crippen LogP contribution is 2.19. The lowest BCUT2D eigenvalue weighted by Crippen LogP contribution is -2.39. The Labute approximate surface area is 150 Å². The summed E-state index contributed by atoms with van der Waals surface area (Å²) in [5.74, 6) is -0.417. The molecule has 3 aromatic rings. The van der Waals surface area contributed by atoms with E-state index in [1.165, 1.54) is 24.3 Å². The zero-order valence-corrected chi connectivity index (χ0v) is 14.6. The molecule has 3 rings (SSSR count). The van der Waals surface area contributed by atoms with Gasteiger partial charge in [-0.25, -0.2) is 9.18 Å². The number of aromatic nitrogens is 1. The number of nitrogens with one attached hydrogen (secondary N) is 2. The maximum atomic E-state index is 13.3. The Hall–Kier alpha value is -3.15. The van der Waals surface area contributed by atoms with Crippen molar-refractivity contribution >= 4 is 22.6 Å². The summed E-state index contributed by atoms with van der Waals surface area (Å²) in [6.45, 7) is 4.05. The molecule has 5 nitrogen and oxygen atoms in total. The third-order valence-corrected chi connectivity index (χ3v) is 4.14. The van der Waals surface area contributed by atoms with Crippen molar-refractivity contribution in [1.29, 1.82) is 0 Å². The molecule has 0 saturated heterocycles. The van der Waals surface area contributed by atoms with Gasteiger partial charge in [0.25, 0.3) is 0 Å². The molecular formula is C20H20FN3O2. The number of carbonyl (C=O) groups is 1. The first-order valence-electron chi connectivity index (χ1n) is 8.38. The van der Waals surface area contributed by atoms with Gasteiger partial charge in [0, 0.05) is 35.2 Å². The number of carbonyl (C=O) groups excluding carboxylic acids is 1. The van der Waals surface area contributed by atoms with Gasteiger partial charge < -0.3 is 15.2 Å². The highest BCUT2D eigenvalue weighted by atomic mass is 19.1. The zero-order chi connectivity index (χ0) is 18.7. The standard InChI is InChI=1S/C20H20FN3O2/c1-13(2)24(20(26)22-16-7-5-6-15(21)11-16)12-14-10-19(25)23-18-9-4-3-8-17(14)18/h3-11,13H,12H2,1-2H3,(H,22,26)(H,23,25). The Balaban J connectivity index is 1.90. The Morgan fingerprint density at radius 3 is 2.65 bits per heavy atom. The number of para-hydroxylation sites is 1. The van der Waals surface area contributed by atoms with Crippen LogP contribution in [0.4, 0.5) is 14.9 Å². The van der Waals surface area contributed by atoms with Crippen LogP contribution in [0.1, 0.15) is 19.4 Å². The van der Waals surface area contributed by atoms with Crippen molar-refractivity contribution in [2.24, 2.45) is 0 Å². The molecule has 0 unspecified atom stereocenters. The first-order chi connectivity index (χ1) is 12.4. The van der Waals surface area contributed by atoms with E-state index in [0.29, 0.717) is 5.69 Å². The Morgan fingerprint density at radius 1 is 1.15 bits per heavy atom. The summed E-state index contributed by atoms with van der Waals surface area (Å²) in [5.41, 5.74) is 1.65. The zero-order valence-electron chi connectivity index (χ0n) is 14.6. The van der Waals surface area contributed by atoms with Crippen molar-refractivity contribution in [2.75, 3.05) is 5.32 Å². The van der Waals surface area contributed by atoms with Crippen molar-refractivity contribution in [3.8, 4) is 0 Å². The Morgan fingerprint density at radius 2 is 1.92 bits per heavy atom. The third kappa shape index (κ3) is 3.91. The molecule has 2 amide bonds. The van der Waals surface area contributed by atoms with Crippen molar-refractivity contribution in [2.45, 2.75) is 26.4 Å². The maximum absolute atomic E-state index is 13.3. The quantitative estimate of drug-likeness (QED) is 0.741. The average molecular weight is 353 g/mol. The molecule has 134 valence electrons. The van der Waals surface area contributed by atoms with Gasteiger partial charge in [-0.2, -0.15) is 0 Å². The second-order valence-corrected chi connectivity index (χ2v) is 6.37. The number of hydrogen-bond donors (Lipinski definition) is 2. The number of anilines is 1. The lowest BCUT2D eigenvalue weighted by molar-refractivity contribution is 0.194. The van der Waals surface area contributed by atoms with Gasteiger partial charge in [-0.05, 0) is 43.7 Å². The number of amides is 2. The molecule has 26 heavy (non-hydrogen) atoms. The highest BCUT2D eigenvalue weighted by Gasteiger charge is 2.19. The van der Waals surface area contributed by atoms with Gasteiger partial charge in [0.1, 0.15) is 5.82 Å². The molecule has 2 N–H and O–H groups in total. The minimum absolute atomic E-state index is 0.110. The van der Waals surface area contributed by atoms with Crippen LogP contribution in [0.15, 0.2) is 59.4 Å². The second kappa shape index (κ2) is 7.39. The van der Waals surface area contributed by atoms with Crippen LogP contribution in [0.3, 0.4) is 0 Å². The second-order valence-electron chi connectivity index (χ2n) is 6.37. The van der Waals surface area contributed by atoms with E-state index in [4.69, 9.17) is 0 Å². The molecule has 0 aliphatic heterocycles. The van der Waals surface area contributed by atoms with Crippen molar-refractivity contribution in [1.82, 2.24) is 9.88 Å². The molecule has 2 aromatic carbocycles. The van der Waals surface area contributed by atoms with E-state index >= 15 is 0 Å². The monoisotopic (exact) mass is 353 g/mol. The molecule has 6 heteroatoms. The first kappa shape index (κ1) is 17.7. The van der Waals surface area contributed by atoms with Gasteiger partial charge in [-0.3, -0.25) is 4.79 Å². The van der Waals surface area contributed by atoms with E-state index in [9.17, 15) is 14.0 Å². The van der Waals surface area contributed by atoms with E-state index in [1.54, 1.807) is 11.0 Å². The van der Waals surface area contributed by atoms with Crippen molar-refractivity contribution in [3.05, 3.63) is 76.3 Å². The van der Waals surface area contributed by atoms with Crippen LogP contribution < -0.4 is 10.9 Å². The number of aromatic amines is 1. The summed E-state index contributed by atoms with van der Waals surface area (Å²) in [6, 6.07) is 14.3. The Bertz CT molecular complexity index is 998. The summed E-state index contributed by atoms with van der Waals surface area (Å²) in [5, 5.41) is 3.59. The van der Waals surface area contributed by atoms with E-state index in [0.717, 1.165) is 16.5 Å². The van der Waals surface area contributed by atoms with Crippen LogP contribution in [0, 0.1) is 5.82 Å². The number of nitrogens with zero attached hydrogens (tertiary/aromatic N) is 1. The maximum Gasteiger partial charge on any atom is 0.322 e. The highest BCUT2D eigenvalue weighted by molar-refractivity contribution is 5.90. The van der Waals surface area contributed by atoms with Crippen molar-refractivity contribution in [3.63, 3.8) is 0 Å². The van der Waals surface area contributed by atoms with Crippen LogP contribution >= 0.6 is 0 Å². The van der Waals surface area contributed by atoms with Crippen LogP contribution in [0.25, 0.3) is 10.9 Å². The van der Waals surface area contributed by atoms with E-state index in [-0.39, 0.29) is 24.2 Å². The molecule has 0 aliphatic carbocycles. The number of H-pyrrole nitrogens is 1. The SMILES string of the molecule is CC(C)N(Cc1cc(=O)[nH]c2ccccc12)C(=O)Nc1cccc(F)c1. The normalized spacial score (nSPS) is 10.9. The van der Waals surface area contributed by atoms with Crippen molar-refractivity contribution < 1.29 is 9.18 Å². The van der Waals surface area contributed by atoms with Crippen LogP contribution in [0.5, 0.6) is 0 Å². The average Bonchev–Trinajstić information content (AvgIpc) is 2.59. The van der Waals surface area contributed by atoms with Gasteiger partial charge in [0.2, 0.25) is 5.56 Å². The topological polar surface area (TPSA) is 65.2 Å².